The van der Waals surface area contributed by atoms with Crippen LogP contribution in [-0.4, -0.2) is 9.97 Å². The van der Waals surface area contributed by atoms with Crippen LogP contribution in [-0.2, 0) is 5.41 Å². The molecule has 1 aromatic heterocycles. The largest absolute Gasteiger partial charge is 0.228 e. The second-order valence-corrected chi connectivity index (χ2v) is 19.7. The molecular formula is C64H48N2. The fourth-order valence-corrected chi connectivity index (χ4v) is 13.8. The van der Waals surface area contributed by atoms with Crippen LogP contribution >= 0.6 is 0 Å². The molecule has 314 valence electrons. The van der Waals surface area contributed by atoms with Crippen molar-refractivity contribution in [1.82, 2.24) is 9.97 Å². The van der Waals surface area contributed by atoms with Gasteiger partial charge in [0.2, 0.25) is 0 Å². The van der Waals surface area contributed by atoms with Crippen molar-refractivity contribution < 1.29 is 0 Å². The van der Waals surface area contributed by atoms with Crippen molar-refractivity contribution in [3.63, 3.8) is 0 Å². The van der Waals surface area contributed by atoms with Crippen molar-refractivity contribution in [2.24, 2.45) is 23.7 Å². The van der Waals surface area contributed by atoms with E-state index < -0.39 is 0 Å². The first-order valence-corrected chi connectivity index (χ1v) is 24.1. The normalized spacial score (nSPS) is 21.1. The van der Waals surface area contributed by atoms with Crippen LogP contribution in [0.15, 0.2) is 206 Å². The Hall–Kier alpha value is -7.42. The predicted molar refractivity (Wildman–Crippen MR) is 273 cm³/mol. The molecule has 9 aromatic carbocycles. The zero-order valence-corrected chi connectivity index (χ0v) is 36.9. The van der Waals surface area contributed by atoms with Crippen molar-refractivity contribution in [1.29, 1.82) is 0 Å². The van der Waals surface area contributed by atoms with Crippen molar-refractivity contribution in [3.8, 4) is 78.4 Å². The molecule has 0 radical (unpaired) electrons. The lowest BCUT2D eigenvalue weighted by Gasteiger charge is -2.61. The summed E-state index contributed by atoms with van der Waals surface area (Å²) in [5, 5.41) is 5.26. The van der Waals surface area contributed by atoms with E-state index in [9.17, 15) is 0 Å². The van der Waals surface area contributed by atoms with Gasteiger partial charge in [-0.1, -0.05) is 182 Å². The number of nitrogens with zero attached hydrogens (tertiary/aromatic N) is 2. The number of fused-ring (bicyclic) bond motifs is 5. The summed E-state index contributed by atoms with van der Waals surface area (Å²) >= 11 is 0. The van der Waals surface area contributed by atoms with Crippen LogP contribution in [0.25, 0.3) is 100.0 Å². The van der Waals surface area contributed by atoms with Gasteiger partial charge in [0, 0.05) is 22.1 Å². The van der Waals surface area contributed by atoms with E-state index in [-0.39, 0.29) is 5.41 Å². The second-order valence-electron chi connectivity index (χ2n) is 19.7. The summed E-state index contributed by atoms with van der Waals surface area (Å²) in [4.78, 5) is 10.5. The van der Waals surface area contributed by atoms with E-state index in [2.05, 4.69) is 200 Å². The Balaban J connectivity index is 0.919. The maximum Gasteiger partial charge on any atom is 0.160 e. The van der Waals surface area contributed by atoms with E-state index in [1.54, 1.807) is 11.1 Å². The smallest absolute Gasteiger partial charge is 0.160 e. The lowest BCUT2D eigenvalue weighted by atomic mass is 9.43. The standard InChI is InChI=1S/C64H48N2/c1-3-15-42(16-4-1)50-23-9-12-26-55(50)61-39-60(65-63(66-61)43-17-5-2-6-18-43)47-22-13-21-46(36-47)51-29-30-54(53-25-11-10-24-52(51)53)56-27-14-28-58-62(56)57-37-44-19-7-8-20-45(44)38-59(57)64(58)48-32-40-31-41(34-48)35-49(64)33-40/h1-30,36-41,48-49H,31-35H2. The van der Waals surface area contributed by atoms with E-state index in [1.807, 2.05) is 6.07 Å². The minimum Gasteiger partial charge on any atom is -0.228 e. The summed E-state index contributed by atoms with van der Waals surface area (Å²) in [5.41, 5.74) is 18.6. The lowest BCUT2D eigenvalue weighted by Crippen LogP contribution is -2.55. The molecule has 2 heteroatoms. The Morgan fingerprint density at radius 3 is 1.65 bits per heavy atom. The minimum absolute atomic E-state index is 0.0964. The monoisotopic (exact) mass is 844 g/mol. The molecule has 1 heterocycles. The predicted octanol–water partition coefficient (Wildman–Crippen LogP) is 16.5. The molecule has 4 saturated carbocycles. The molecule has 4 bridgehead atoms. The molecule has 4 fully saturated rings. The molecule has 0 N–H and O–H groups in total. The van der Waals surface area contributed by atoms with Gasteiger partial charge in [0.15, 0.2) is 5.82 Å². The lowest BCUT2D eigenvalue weighted by molar-refractivity contribution is -0.0398. The Kier molecular flexibility index (Phi) is 8.50. The molecule has 10 aromatic rings. The molecule has 0 unspecified atom stereocenters. The summed E-state index contributed by atoms with van der Waals surface area (Å²) in [6.45, 7) is 0. The highest BCUT2D eigenvalue weighted by molar-refractivity contribution is 6.09. The molecule has 1 spiro atoms. The van der Waals surface area contributed by atoms with Gasteiger partial charge in [-0.15, -0.1) is 0 Å². The summed E-state index contributed by atoms with van der Waals surface area (Å²) in [6, 6.07) is 76.1. The Bertz CT molecular complexity index is 3520. The molecule has 0 saturated heterocycles. The fraction of sp³-hybridized carbons (Fsp3) is 0.156. The number of benzene rings is 9. The molecule has 0 aliphatic heterocycles. The topological polar surface area (TPSA) is 25.8 Å². The third-order valence-electron chi connectivity index (χ3n) is 16.3. The van der Waals surface area contributed by atoms with Gasteiger partial charge in [-0.25, -0.2) is 9.97 Å². The highest BCUT2D eigenvalue weighted by atomic mass is 14.9. The zero-order chi connectivity index (χ0) is 43.3. The van der Waals surface area contributed by atoms with Gasteiger partial charge < -0.3 is 0 Å². The third kappa shape index (κ3) is 5.73. The maximum absolute atomic E-state index is 5.28. The van der Waals surface area contributed by atoms with Crippen molar-refractivity contribution in [2.45, 2.75) is 37.5 Å². The minimum atomic E-state index is 0.0964. The molecule has 0 atom stereocenters. The summed E-state index contributed by atoms with van der Waals surface area (Å²) in [6.07, 6.45) is 6.98. The molecule has 5 aliphatic rings. The van der Waals surface area contributed by atoms with Crippen molar-refractivity contribution in [3.05, 3.63) is 217 Å². The van der Waals surface area contributed by atoms with Gasteiger partial charge in [0.25, 0.3) is 0 Å². The van der Waals surface area contributed by atoms with Crippen LogP contribution in [0.1, 0.15) is 43.2 Å². The molecule has 5 aliphatic carbocycles. The summed E-state index contributed by atoms with van der Waals surface area (Å²) < 4.78 is 0. The van der Waals surface area contributed by atoms with Gasteiger partial charge in [-0.05, 0) is 157 Å². The van der Waals surface area contributed by atoms with Crippen LogP contribution in [0.4, 0.5) is 0 Å². The van der Waals surface area contributed by atoms with Gasteiger partial charge >= 0.3 is 0 Å². The van der Waals surface area contributed by atoms with Crippen LogP contribution in [0, 0.1) is 23.7 Å². The van der Waals surface area contributed by atoms with Crippen LogP contribution < -0.4 is 0 Å². The third-order valence-corrected chi connectivity index (χ3v) is 16.3. The highest BCUT2D eigenvalue weighted by Crippen LogP contribution is 2.70. The van der Waals surface area contributed by atoms with E-state index in [1.165, 1.54) is 87.0 Å². The van der Waals surface area contributed by atoms with Crippen molar-refractivity contribution >= 4 is 21.5 Å². The van der Waals surface area contributed by atoms with E-state index in [4.69, 9.17) is 9.97 Å². The number of hydrogen-bond donors (Lipinski definition) is 0. The Morgan fingerprint density at radius 1 is 0.333 bits per heavy atom. The van der Waals surface area contributed by atoms with Gasteiger partial charge in [-0.3, -0.25) is 0 Å². The first-order chi connectivity index (χ1) is 32.7. The number of hydrogen-bond acceptors (Lipinski definition) is 2. The van der Waals surface area contributed by atoms with Crippen LogP contribution in [0.3, 0.4) is 0 Å². The van der Waals surface area contributed by atoms with E-state index in [0.717, 1.165) is 51.0 Å². The first kappa shape index (κ1) is 37.9. The van der Waals surface area contributed by atoms with Crippen LogP contribution in [0.2, 0.25) is 0 Å². The average Bonchev–Trinajstić information content (AvgIpc) is 3.66. The van der Waals surface area contributed by atoms with Gasteiger partial charge in [0.1, 0.15) is 0 Å². The number of rotatable bonds is 6. The summed E-state index contributed by atoms with van der Waals surface area (Å²) in [5.74, 6) is 3.95. The first-order valence-electron chi connectivity index (χ1n) is 24.1. The molecule has 2 nitrogen and oxygen atoms in total. The summed E-state index contributed by atoms with van der Waals surface area (Å²) in [7, 11) is 0. The SMILES string of the molecule is c1ccc(-c2nc(-c3cccc(-c4ccc(-c5cccc6c5-c5cc7ccccc7cc5C65C6CC7CC(C6)CC5C7)c5ccccc45)c3)cc(-c3ccccc3-c3ccccc3)n2)cc1. The van der Waals surface area contributed by atoms with Gasteiger partial charge in [-0.2, -0.15) is 0 Å². The Morgan fingerprint density at radius 2 is 0.894 bits per heavy atom. The van der Waals surface area contributed by atoms with E-state index >= 15 is 0 Å². The molecule has 66 heavy (non-hydrogen) atoms. The molecule has 15 rings (SSSR count). The average molecular weight is 845 g/mol. The molecule has 0 amide bonds. The Labute approximate surface area is 386 Å². The quantitative estimate of drug-likeness (QED) is 0.167. The zero-order valence-electron chi connectivity index (χ0n) is 36.9. The molecular weight excluding hydrogens is 797 g/mol. The van der Waals surface area contributed by atoms with Crippen molar-refractivity contribution in [2.75, 3.05) is 0 Å². The second kappa shape index (κ2) is 14.8. The van der Waals surface area contributed by atoms with Gasteiger partial charge in [0.05, 0.1) is 11.4 Å². The fourth-order valence-electron chi connectivity index (χ4n) is 13.8. The number of aromatic nitrogens is 2. The highest BCUT2D eigenvalue weighted by Gasteiger charge is 2.61. The van der Waals surface area contributed by atoms with Crippen LogP contribution in [0.5, 0.6) is 0 Å². The maximum atomic E-state index is 5.28. The van der Waals surface area contributed by atoms with E-state index in [0.29, 0.717) is 17.7 Å².